The van der Waals surface area contributed by atoms with E-state index in [1.165, 1.54) is 0 Å². The number of nitrogens with one attached hydrogen (secondary N) is 3. The number of aromatic amines is 2. The molecule has 0 saturated heterocycles. The monoisotopic (exact) mass is 321 g/mol. The molecule has 0 amide bonds. The lowest BCUT2D eigenvalue weighted by Gasteiger charge is -2.08. The van der Waals surface area contributed by atoms with Crippen LogP contribution < -0.4 is 10.9 Å². The molecule has 4 aromatic rings. The van der Waals surface area contributed by atoms with E-state index in [4.69, 9.17) is 12.2 Å². The van der Waals surface area contributed by atoms with Crippen LogP contribution in [0, 0.1) is 0 Å². The van der Waals surface area contributed by atoms with Crippen LogP contribution in [0.25, 0.3) is 21.9 Å². The third-order valence-electron chi connectivity index (χ3n) is 3.51. The van der Waals surface area contributed by atoms with Crippen LogP contribution in [0.3, 0.4) is 0 Å². The van der Waals surface area contributed by atoms with E-state index in [9.17, 15) is 4.79 Å². The summed E-state index contributed by atoms with van der Waals surface area (Å²) in [6, 6.07) is 12.8. The molecule has 7 heteroatoms. The molecule has 3 N–H and O–H groups in total. The summed E-state index contributed by atoms with van der Waals surface area (Å²) in [4.78, 5) is 26.8. The first kappa shape index (κ1) is 13.6. The molecule has 0 bridgehead atoms. The number of anilines is 1. The summed E-state index contributed by atoms with van der Waals surface area (Å²) in [5.74, 6) is 0.341. The zero-order valence-corrected chi connectivity index (χ0v) is 12.6. The van der Waals surface area contributed by atoms with Gasteiger partial charge < -0.3 is 15.3 Å². The molecular formula is C16H11N5OS. The fourth-order valence-corrected chi connectivity index (χ4v) is 2.61. The van der Waals surface area contributed by atoms with Crippen LogP contribution in [0.1, 0.15) is 5.82 Å². The quantitative estimate of drug-likeness (QED) is 0.494. The third kappa shape index (κ3) is 2.47. The smallest absolute Gasteiger partial charge is 0.259 e. The zero-order chi connectivity index (χ0) is 15.8. The average Bonchev–Trinajstić information content (AvgIpc) is 3.02. The second kappa shape index (κ2) is 5.29. The number of aromatic nitrogens is 4. The topological polar surface area (TPSA) is 86.5 Å². The Hall–Kier alpha value is -3.06. The molecule has 0 aliphatic heterocycles. The Balaban J connectivity index is 1.69. The second-order valence-electron chi connectivity index (χ2n) is 5.02. The number of hydrogen-bond donors (Lipinski definition) is 3. The molecule has 0 aliphatic rings. The molecule has 0 saturated carbocycles. The second-order valence-corrected chi connectivity index (χ2v) is 5.43. The minimum Gasteiger partial charge on any atom is -0.345 e. The van der Waals surface area contributed by atoms with E-state index in [0.717, 1.165) is 16.7 Å². The molecular weight excluding hydrogens is 310 g/mol. The fourth-order valence-electron chi connectivity index (χ4n) is 2.40. The standard InChI is InChI=1S/C16H11N5OS/c22-15-10-3-1-2-4-11(10)20-14(21-15)16(23)19-9-5-6-12-13(7-9)18-8-17-12/h1-8H,(H,17,18)(H,19,23)(H,20,21,22). The summed E-state index contributed by atoms with van der Waals surface area (Å²) in [5, 5.41) is 3.62. The van der Waals surface area contributed by atoms with Gasteiger partial charge in [-0.15, -0.1) is 0 Å². The van der Waals surface area contributed by atoms with Crippen molar-refractivity contribution in [3.8, 4) is 0 Å². The highest BCUT2D eigenvalue weighted by molar-refractivity contribution is 7.81. The SMILES string of the molecule is O=c1[nH]c(C(=S)Nc2ccc3nc[nH]c3c2)nc2ccccc12. The van der Waals surface area contributed by atoms with Crippen molar-refractivity contribution < 1.29 is 0 Å². The van der Waals surface area contributed by atoms with Crippen LogP contribution in [0.2, 0.25) is 0 Å². The van der Waals surface area contributed by atoms with E-state index in [1.807, 2.05) is 24.3 Å². The lowest BCUT2D eigenvalue weighted by molar-refractivity contribution is 1.14. The Bertz CT molecular complexity index is 1100. The first-order valence-electron chi connectivity index (χ1n) is 6.94. The Morgan fingerprint density at radius 2 is 2.00 bits per heavy atom. The number of nitrogens with zero attached hydrogens (tertiary/aromatic N) is 2. The van der Waals surface area contributed by atoms with Gasteiger partial charge in [0.1, 0.15) is 4.99 Å². The van der Waals surface area contributed by atoms with Crippen LogP contribution in [0.5, 0.6) is 0 Å². The number of hydrogen-bond acceptors (Lipinski definition) is 4. The van der Waals surface area contributed by atoms with Gasteiger partial charge in [-0.1, -0.05) is 24.4 Å². The van der Waals surface area contributed by atoms with E-state index >= 15 is 0 Å². The van der Waals surface area contributed by atoms with Crippen molar-refractivity contribution in [2.45, 2.75) is 0 Å². The molecule has 4 rings (SSSR count). The molecule has 2 heterocycles. The Labute approximate surface area is 135 Å². The number of rotatable bonds is 2. The highest BCUT2D eigenvalue weighted by Gasteiger charge is 2.09. The Morgan fingerprint density at radius 3 is 2.91 bits per heavy atom. The lowest BCUT2D eigenvalue weighted by Crippen LogP contribution is -2.20. The van der Waals surface area contributed by atoms with Gasteiger partial charge in [0, 0.05) is 5.69 Å². The fraction of sp³-hybridized carbons (Fsp3) is 0. The van der Waals surface area contributed by atoms with E-state index in [1.54, 1.807) is 24.5 Å². The molecule has 0 unspecified atom stereocenters. The molecule has 0 radical (unpaired) electrons. The van der Waals surface area contributed by atoms with Crippen molar-refractivity contribution in [3.05, 3.63) is 65.0 Å². The minimum atomic E-state index is -0.209. The summed E-state index contributed by atoms with van der Waals surface area (Å²) < 4.78 is 0. The largest absolute Gasteiger partial charge is 0.345 e. The van der Waals surface area contributed by atoms with Crippen LogP contribution in [-0.2, 0) is 0 Å². The first-order chi connectivity index (χ1) is 11.2. The predicted molar refractivity (Wildman–Crippen MR) is 93.8 cm³/mol. The highest BCUT2D eigenvalue weighted by atomic mass is 32.1. The third-order valence-corrected chi connectivity index (χ3v) is 3.80. The Kier molecular flexibility index (Phi) is 3.13. The molecule has 0 atom stereocenters. The van der Waals surface area contributed by atoms with Crippen LogP contribution in [0.15, 0.2) is 53.6 Å². The van der Waals surface area contributed by atoms with Gasteiger partial charge in [-0.25, -0.2) is 9.97 Å². The van der Waals surface area contributed by atoms with Crippen molar-refractivity contribution in [1.29, 1.82) is 0 Å². The van der Waals surface area contributed by atoms with E-state index < -0.39 is 0 Å². The van der Waals surface area contributed by atoms with Gasteiger partial charge in [0.15, 0.2) is 5.82 Å². The van der Waals surface area contributed by atoms with Crippen LogP contribution in [-0.4, -0.2) is 24.9 Å². The lowest BCUT2D eigenvalue weighted by atomic mass is 10.2. The number of thiocarbonyl (C=S) groups is 1. The number of imidazole rings is 1. The number of benzene rings is 2. The highest BCUT2D eigenvalue weighted by Crippen LogP contribution is 2.16. The van der Waals surface area contributed by atoms with Crippen molar-refractivity contribution in [2.24, 2.45) is 0 Å². The molecule has 0 aliphatic carbocycles. The summed E-state index contributed by atoms with van der Waals surface area (Å²) in [7, 11) is 0. The molecule has 0 fully saturated rings. The van der Waals surface area contributed by atoms with Crippen molar-refractivity contribution in [2.75, 3.05) is 5.32 Å². The zero-order valence-electron chi connectivity index (χ0n) is 11.8. The molecule has 0 spiro atoms. The van der Waals surface area contributed by atoms with Gasteiger partial charge in [-0.2, -0.15) is 0 Å². The first-order valence-corrected chi connectivity index (χ1v) is 7.35. The molecule has 112 valence electrons. The van der Waals surface area contributed by atoms with Crippen molar-refractivity contribution >= 4 is 44.8 Å². The molecule has 2 aromatic carbocycles. The summed E-state index contributed by atoms with van der Waals surface area (Å²) in [6.45, 7) is 0. The number of fused-ring (bicyclic) bond motifs is 2. The molecule has 2 aromatic heterocycles. The van der Waals surface area contributed by atoms with E-state index in [2.05, 4.69) is 25.3 Å². The van der Waals surface area contributed by atoms with Crippen molar-refractivity contribution in [1.82, 2.24) is 19.9 Å². The maximum absolute atomic E-state index is 12.1. The van der Waals surface area contributed by atoms with Gasteiger partial charge in [-0.3, -0.25) is 4.79 Å². The molecule has 6 nitrogen and oxygen atoms in total. The van der Waals surface area contributed by atoms with Crippen LogP contribution >= 0.6 is 12.2 Å². The van der Waals surface area contributed by atoms with Gasteiger partial charge in [0.25, 0.3) is 5.56 Å². The van der Waals surface area contributed by atoms with Crippen LogP contribution in [0.4, 0.5) is 5.69 Å². The molecule has 23 heavy (non-hydrogen) atoms. The van der Waals surface area contributed by atoms with Gasteiger partial charge in [0.05, 0.1) is 28.3 Å². The predicted octanol–water partition coefficient (Wildman–Crippen LogP) is 2.59. The maximum Gasteiger partial charge on any atom is 0.259 e. The summed E-state index contributed by atoms with van der Waals surface area (Å²) >= 11 is 5.36. The maximum atomic E-state index is 12.1. The normalized spacial score (nSPS) is 11.0. The number of para-hydroxylation sites is 1. The van der Waals surface area contributed by atoms with E-state index in [-0.39, 0.29) is 5.56 Å². The van der Waals surface area contributed by atoms with Gasteiger partial charge in [-0.05, 0) is 30.3 Å². The van der Waals surface area contributed by atoms with Crippen molar-refractivity contribution in [3.63, 3.8) is 0 Å². The average molecular weight is 321 g/mol. The summed E-state index contributed by atoms with van der Waals surface area (Å²) in [6.07, 6.45) is 1.63. The Morgan fingerprint density at radius 1 is 1.13 bits per heavy atom. The van der Waals surface area contributed by atoms with Gasteiger partial charge in [0.2, 0.25) is 0 Å². The van der Waals surface area contributed by atoms with E-state index in [0.29, 0.717) is 21.7 Å². The van der Waals surface area contributed by atoms with Gasteiger partial charge >= 0.3 is 0 Å². The summed E-state index contributed by atoms with van der Waals surface area (Å²) in [5.41, 5.74) is 2.97. The minimum absolute atomic E-state index is 0.209. The number of H-pyrrole nitrogens is 2.